The van der Waals surface area contributed by atoms with Crippen molar-refractivity contribution in [2.24, 2.45) is 5.92 Å². The quantitative estimate of drug-likeness (QED) is 0.690. The van der Waals surface area contributed by atoms with Crippen LogP contribution in [0.2, 0.25) is 0 Å². The molecule has 25 heavy (non-hydrogen) atoms. The molecule has 1 aliphatic rings. The minimum Gasteiger partial charge on any atom is -0.491 e. The lowest BCUT2D eigenvalue weighted by atomic mass is 9.99. The zero-order valence-corrected chi connectivity index (χ0v) is 15.5. The maximum Gasteiger partial charge on any atom is 0.224 e. The lowest BCUT2D eigenvalue weighted by molar-refractivity contribution is -0.126. The van der Waals surface area contributed by atoms with Gasteiger partial charge in [-0.1, -0.05) is 12.1 Å². The predicted octanol–water partition coefficient (Wildman–Crippen LogP) is 1.000. The molecule has 1 N–H and O–H groups in total. The van der Waals surface area contributed by atoms with Gasteiger partial charge in [0, 0.05) is 26.7 Å². The van der Waals surface area contributed by atoms with Crippen LogP contribution >= 0.6 is 0 Å². The summed E-state index contributed by atoms with van der Waals surface area (Å²) in [7, 11) is -1.62. The Labute approximate surface area is 149 Å². The van der Waals surface area contributed by atoms with E-state index in [1.807, 2.05) is 24.3 Å². The Hall–Kier alpha value is -1.64. The average Bonchev–Trinajstić information content (AvgIpc) is 2.60. The number of methoxy groups -OCH3 is 1. The molecule has 0 aliphatic carbocycles. The lowest BCUT2D eigenvalue weighted by Gasteiger charge is -2.30. The van der Waals surface area contributed by atoms with E-state index >= 15 is 0 Å². The Balaban J connectivity index is 1.81. The molecule has 1 heterocycles. The van der Waals surface area contributed by atoms with Crippen LogP contribution in [0.1, 0.15) is 18.4 Å². The molecule has 8 heteroatoms. The van der Waals surface area contributed by atoms with Gasteiger partial charge in [0.2, 0.25) is 15.9 Å². The number of hydrogen-bond donors (Lipinski definition) is 1. The number of benzene rings is 1. The first kappa shape index (κ1) is 19.7. The van der Waals surface area contributed by atoms with Crippen molar-refractivity contribution in [2.75, 3.05) is 39.7 Å². The smallest absolute Gasteiger partial charge is 0.224 e. The summed E-state index contributed by atoms with van der Waals surface area (Å²) in [6, 6.07) is 7.49. The van der Waals surface area contributed by atoms with Crippen LogP contribution < -0.4 is 10.1 Å². The third-order valence-electron chi connectivity index (χ3n) is 4.17. The molecule has 1 amide bonds. The van der Waals surface area contributed by atoms with Gasteiger partial charge < -0.3 is 14.8 Å². The third kappa shape index (κ3) is 6.30. The van der Waals surface area contributed by atoms with Crippen LogP contribution in [0.5, 0.6) is 5.75 Å². The second kappa shape index (κ2) is 9.17. The summed E-state index contributed by atoms with van der Waals surface area (Å²) in [6.07, 6.45) is 2.60. The highest BCUT2D eigenvalue weighted by Crippen LogP contribution is 2.19. The molecule has 1 aromatic carbocycles. The van der Waals surface area contributed by atoms with Crippen molar-refractivity contribution in [1.29, 1.82) is 0 Å². The van der Waals surface area contributed by atoms with Gasteiger partial charge in [-0.15, -0.1) is 0 Å². The largest absolute Gasteiger partial charge is 0.491 e. The van der Waals surface area contributed by atoms with Crippen molar-refractivity contribution in [3.8, 4) is 5.75 Å². The van der Waals surface area contributed by atoms with Crippen LogP contribution in [-0.4, -0.2) is 58.3 Å². The zero-order chi connectivity index (χ0) is 18.3. The van der Waals surface area contributed by atoms with Gasteiger partial charge in [-0.25, -0.2) is 12.7 Å². The van der Waals surface area contributed by atoms with E-state index in [1.165, 1.54) is 10.6 Å². The summed E-state index contributed by atoms with van der Waals surface area (Å²) < 4.78 is 35.1. The van der Waals surface area contributed by atoms with E-state index in [-0.39, 0.29) is 18.4 Å². The molecule has 0 bridgehead atoms. The van der Waals surface area contributed by atoms with Gasteiger partial charge >= 0.3 is 0 Å². The highest BCUT2D eigenvalue weighted by atomic mass is 32.2. The molecule has 0 unspecified atom stereocenters. The Kier molecular flexibility index (Phi) is 7.22. The zero-order valence-electron chi connectivity index (χ0n) is 14.7. The molecular weight excluding hydrogens is 344 g/mol. The number of piperidine rings is 1. The number of sulfonamides is 1. The minimum atomic E-state index is -3.24. The highest BCUT2D eigenvalue weighted by molar-refractivity contribution is 7.88. The number of nitrogens with one attached hydrogen (secondary N) is 1. The van der Waals surface area contributed by atoms with E-state index in [2.05, 4.69) is 5.32 Å². The van der Waals surface area contributed by atoms with Gasteiger partial charge in [-0.05, 0) is 30.5 Å². The van der Waals surface area contributed by atoms with E-state index in [9.17, 15) is 13.2 Å². The van der Waals surface area contributed by atoms with Gasteiger partial charge in [-0.2, -0.15) is 0 Å². The monoisotopic (exact) mass is 370 g/mol. The Morgan fingerprint density at radius 3 is 2.64 bits per heavy atom. The molecule has 1 atom stereocenters. The second-order valence-electron chi connectivity index (χ2n) is 6.16. The van der Waals surface area contributed by atoms with E-state index in [0.29, 0.717) is 39.1 Å². The molecule has 0 radical (unpaired) electrons. The minimum absolute atomic E-state index is 0.103. The molecule has 2 rings (SSSR count). The van der Waals surface area contributed by atoms with Gasteiger partial charge in [0.05, 0.1) is 18.8 Å². The molecule has 1 saturated heterocycles. The molecule has 1 fully saturated rings. The van der Waals surface area contributed by atoms with Crippen LogP contribution in [0.15, 0.2) is 24.3 Å². The number of carbonyl (C=O) groups excluding carboxylic acids is 1. The summed E-state index contributed by atoms with van der Waals surface area (Å²) in [4.78, 5) is 12.3. The molecular formula is C17H26N2O5S. The summed E-state index contributed by atoms with van der Waals surface area (Å²) in [6.45, 7) is 2.19. The fraction of sp³-hybridized carbons (Fsp3) is 0.588. The van der Waals surface area contributed by atoms with Crippen molar-refractivity contribution in [3.63, 3.8) is 0 Å². The fourth-order valence-electron chi connectivity index (χ4n) is 2.74. The standard InChI is InChI=1S/C17H26N2O5S/c1-23-10-11-24-16-7-5-14(6-8-16)12-18-17(20)15-4-3-9-19(13-15)25(2,21)22/h5-8,15H,3-4,9-13H2,1-2H3,(H,18,20)/t15-/m1/s1. The summed E-state index contributed by atoms with van der Waals surface area (Å²) in [5.41, 5.74) is 0.961. The Morgan fingerprint density at radius 2 is 2.00 bits per heavy atom. The van der Waals surface area contributed by atoms with Crippen LogP contribution in [0.4, 0.5) is 0 Å². The van der Waals surface area contributed by atoms with Crippen molar-refractivity contribution >= 4 is 15.9 Å². The van der Waals surface area contributed by atoms with Crippen LogP contribution in [0.3, 0.4) is 0 Å². The van der Waals surface area contributed by atoms with Crippen LogP contribution in [-0.2, 0) is 26.1 Å². The SMILES string of the molecule is COCCOc1ccc(CNC(=O)[C@@H]2CCCN(S(C)(=O)=O)C2)cc1. The molecule has 0 aromatic heterocycles. The molecule has 1 aromatic rings. The molecule has 0 saturated carbocycles. The van der Waals surface area contributed by atoms with E-state index < -0.39 is 10.0 Å². The van der Waals surface area contributed by atoms with E-state index in [4.69, 9.17) is 9.47 Å². The predicted molar refractivity (Wildman–Crippen MR) is 94.8 cm³/mol. The van der Waals surface area contributed by atoms with E-state index in [0.717, 1.165) is 11.3 Å². The molecule has 1 aliphatic heterocycles. The average molecular weight is 370 g/mol. The first-order valence-corrected chi connectivity index (χ1v) is 10.2. The number of carbonyl (C=O) groups is 1. The van der Waals surface area contributed by atoms with Gasteiger partial charge in [0.25, 0.3) is 0 Å². The summed E-state index contributed by atoms with van der Waals surface area (Å²) >= 11 is 0. The number of hydrogen-bond acceptors (Lipinski definition) is 5. The fourth-order valence-corrected chi connectivity index (χ4v) is 3.65. The first-order chi connectivity index (χ1) is 11.9. The number of rotatable bonds is 8. The molecule has 140 valence electrons. The Morgan fingerprint density at radius 1 is 1.28 bits per heavy atom. The maximum absolute atomic E-state index is 12.3. The number of ether oxygens (including phenoxy) is 2. The highest BCUT2D eigenvalue weighted by Gasteiger charge is 2.29. The summed E-state index contributed by atoms with van der Waals surface area (Å²) in [5.74, 6) is 0.358. The van der Waals surface area contributed by atoms with Gasteiger partial charge in [0.1, 0.15) is 12.4 Å². The third-order valence-corrected chi connectivity index (χ3v) is 5.44. The Bertz CT molecular complexity index is 660. The van der Waals surface area contributed by atoms with Gasteiger partial charge in [-0.3, -0.25) is 4.79 Å². The van der Waals surface area contributed by atoms with Crippen LogP contribution in [0, 0.1) is 5.92 Å². The summed E-state index contributed by atoms with van der Waals surface area (Å²) in [5, 5.41) is 2.89. The topological polar surface area (TPSA) is 84.9 Å². The van der Waals surface area contributed by atoms with Crippen LogP contribution in [0.25, 0.3) is 0 Å². The maximum atomic E-state index is 12.3. The van der Waals surface area contributed by atoms with Crippen molar-refractivity contribution in [2.45, 2.75) is 19.4 Å². The van der Waals surface area contributed by atoms with E-state index in [1.54, 1.807) is 7.11 Å². The molecule has 7 nitrogen and oxygen atoms in total. The second-order valence-corrected chi connectivity index (χ2v) is 8.15. The van der Waals surface area contributed by atoms with Crippen molar-refractivity contribution in [3.05, 3.63) is 29.8 Å². The normalized spacial score (nSPS) is 18.7. The molecule has 0 spiro atoms. The lowest BCUT2D eigenvalue weighted by Crippen LogP contribution is -2.44. The first-order valence-electron chi connectivity index (χ1n) is 8.33. The number of amides is 1. The van der Waals surface area contributed by atoms with Gasteiger partial charge in [0.15, 0.2) is 0 Å². The van der Waals surface area contributed by atoms with Crippen molar-refractivity contribution < 1.29 is 22.7 Å². The number of nitrogens with zero attached hydrogens (tertiary/aromatic N) is 1. The van der Waals surface area contributed by atoms with Crippen molar-refractivity contribution in [1.82, 2.24) is 9.62 Å².